The third-order valence-corrected chi connectivity index (χ3v) is 7.45. The predicted molar refractivity (Wildman–Crippen MR) is 169 cm³/mol. The molecule has 254 valence electrons. The summed E-state index contributed by atoms with van der Waals surface area (Å²) in [5.41, 5.74) is 6.67. The molecular weight excluding hydrogens is 596 g/mol. The number of carbonyl (C=O) groups excluding carboxylic acids is 4. The molecule has 0 radical (unpaired) electrons. The molecule has 4 amide bonds. The molecule has 6 N–H and O–H groups in total. The number of nitrogens with one attached hydrogen (secondary N) is 3. The minimum atomic E-state index is -1.24. The van der Waals surface area contributed by atoms with Gasteiger partial charge >= 0.3 is 0 Å². The Labute approximate surface area is 269 Å². The highest BCUT2D eigenvalue weighted by atomic mass is 16.5. The van der Waals surface area contributed by atoms with Crippen molar-refractivity contribution < 1.29 is 33.8 Å². The van der Waals surface area contributed by atoms with Gasteiger partial charge in [-0.2, -0.15) is 0 Å². The molecule has 2 heterocycles. The second-order valence-corrected chi connectivity index (χ2v) is 12.0. The molecule has 0 fully saturated rings. The van der Waals surface area contributed by atoms with E-state index in [1.807, 2.05) is 13.8 Å². The summed E-state index contributed by atoms with van der Waals surface area (Å²) in [6, 6.07) is 1.77. The Kier molecular flexibility index (Phi) is 13.7. The first-order valence-electron chi connectivity index (χ1n) is 15.7. The predicted octanol–water partition coefficient (Wildman–Crippen LogP) is 0.352. The molecule has 1 aliphatic heterocycles. The zero-order valence-electron chi connectivity index (χ0n) is 27.3. The van der Waals surface area contributed by atoms with E-state index in [1.165, 1.54) is 20.1 Å². The van der Waals surface area contributed by atoms with Crippen LogP contribution in [0.5, 0.6) is 11.5 Å². The van der Waals surface area contributed by atoms with Crippen LogP contribution in [0.1, 0.15) is 69.4 Å². The Morgan fingerprint density at radius 2 is 1.83 bits per heavy atom. The number of fused-ring (bicyclic) bond motifs is 4. The third-order valence-electron chi connectivity index (χ3n) is 7.45. The van der Waals surface area contributed by atoms with E-state index >= 15 is 0 Å². The smallest absolute Gasteiger partial charge is 0.252 e. The van der Waals surface area contributed by atoms with E-state index in [0.717, 1.165) is 0 Å². The lowest BCUT2D eigenvalue weighted by Crippen LogP contribution is -2.57. The summed E-state index contributed by atoms with van der Waals surface area (Å²) < 4.78 is 13.0. The SMILES string of the molecule is COc1ccc2cc1OCc1cn(nn1)CCCN(C(=O)[C@@H](C)N)CCCCNC(=O)[C@H]([C@@H](C)O)NC(=O)[C@@H](CC(C)C)NC2=O. The first-order chi connectivity index (χ1) is 21.9. The second kappa shape index (κ2) is 17.5. The van der Waals surface area contributed by atoms with Gasteiger partial charge in [-0.25, -0.2) is 0 Å². The Balaban J connectivity index is 1.88. The first-order valence-corrected chi connectivity index (χ1v) is 15.7. The number of nitrogens with zero attached hydrogens (tertiary/aromatic N) is 4. The number of nitrogens with two attached hydrogens (primary N) is 1. The van der Waals surface area contributed by atoms with Gasteiger partial charge in [0, 0.05) is 31.7 Å². The number of methoxy groups -OCH3 is 1. The number of hydrogen-bond donors (Lipinski definition) is 5. The molecule has 2 aromatic rings. The lowest BCUT2D eigenvalue weighted by Gasteiger charge is -2.26. The van der Waals surface area contributed by atoms with Crippen LogP contribution in [0.2, 0.25) is 0 Å². The van der Waals surface area contributed by atoms with Crippen LogP contribution in [0.25, 0.3) is 0 Å². The minimum absolute atomic E-state index is 0.0265. The Morgan fingerprint density at radius 3 is 2.50 bits per heavy atom. The molecule has 0 unspecified atom stereocenters. The number of aliphatic hydroxyl groups is 1. The van der Waals surface area contributed by atoms with Crippen molar-refractivity contribution in [1.82, 2.24) is 35.8 Å². The fraction of sp³-hybridized carbons (Fsp3) is 0.613. The van der Waals surface area contributed by atoms with Crippen molar-refractivity contribution in [2.45, 2.75) is 90.8 Å². The van der Waals surface area contributed by atoms with Crippen molar-refractivity contribution >= 4 is 23.6 Å². The third kappa shape index (κ3) is 10.7. The average Bonchev–Trinajstić information content (AvgIpc) is 3.47. The van der Waals surface area contributed by atoms with Crippen molar-refractivity contribution in [2.24, 2.45) is 11.7 Å². The Hall–Kier alpha value is -4.24. The van der Waals surface area contributed by atoms with Crippen LogP contribution >= 0.6 is 0 Å². The highest BCUT2D eigenvalue weighted by molar-refractivity contribution is 5.99. The summed E-state index contributed by atoms with van der Waals surface area (Å²) in [4.78, 5) is 54.2. The summed E-state index contributed by atoms with van der Waals surface area (Å²) in [5.74, 6) is -1.14. The number of rotatable bonds is 5. The summed E-state index contributed by atoms with van der Waals surface area (Å²) >= 11 is 0. The van der Waals surface area contributed by atoms with Gasteiger partial charge in [0.25, 0.3) is 5.91 Å². The maximum atomic E-state index is 13.4. The number of aryl methyl sites for hydroxylation is 1. The summed E-state index contributed by atoms with van der Waals surface area (Å²) in [6.07, 6.45) is 2.60. The second-order valence-electron chi connectivity index (χ2n) is 12.0. The summed E-state index contributed by atoms with van der Waals surface area (Å²) in [7, 11) is 1.48. The lowest BCUT2D eigenvalue weighted by atomic mass is 10.0. The van der Waals surface area contributed by atoms with Crippen LogP contribution in [-0.2, 0) is 27.5 Å². The topological polar surface area (TPSA) is 203 Å². The molecule has 1 aromatic carbocycles. The minimum Gasteiger partial charge on any atom is -0.493 e. The van der Waals surface area contributed by atoms with Gasteiger partial charge in [0.15, 0.2) is 11.5 Å². The number of carbonyl (C=O) groups is 4. The number of amides is 4. The molecule has 0 saturated heterocycles. The highest BCUT2D eigenvalue weighted by Crippen LogP contribution is 2.29. The number of hydrogen-bond acceptors (Lipinski definition) is 10. The Bertz CT molecular complexity index is 1330. The van der Waals surface area contributed by atoms with Gasteiger partial charge in [0.1, 0.15) is 24.4 Å². The molecule has 46 heavy (non-hydrogen) atoms. The number of ether oxygens (including phenoxy) is 2. The molecule has 0 aliphatic carbocycles. The summed E-state index contributed by atoms with van der Waals surface area (Å²) in [5, 5.41) is 26.8. The van der Waals surface area contributed by atoms with Gasteiger partial charge in [0.2, 0.25) is 17.7 Å². The van der Waals surface area contributed by atoms with Crippen molar-refractivity contribution in [3.05, 3.63) is 35.7 Å². The van der Waals surface area contributed by atoms with Crippen LogP contribution in [-0.4, -0.2) is 99.6 Å². The van der Waals surface area contributed by atoms with Gasteiger partial charge in [-0.3, -0.25) is 23.9 Å². The van der Waals surface area contributed by atoms with Gasteiger partial charge in [-0.1, -0.05) is 19.1 Å². The monoisotopic (exact) mass is 644 g/mol. The molecule has 15 heteroatoms. The fourth-order valence-corrected chi connectivity index (χ4v) is 4.99. The zero-order chi connectivity index (χ0) is 33.8. The molecule has 3 rings (SSSR count). The van der Waals surface area contributed by atoms with Crippen molar-refractivity contribution in [1.29, 1.82) is 0 Å². The maximum Gasteiger partial charge on any atom is 0.252 e. The van der Waals surface area contributed by atoms with E-state index in [-0.39, 0.29) is 37.0 Å². The van der Waals surface area contributed by atoms with Gasteiger partial charge < -0.3 is 41.2 Å². The number of benzene rings is 1. The number of aromatic nitrogens is 3. The van der Waals surface area contributed by atoms with E-state index in [4.69, 9.17) is 15.2 Å². The van der Waals surface area contributed by atoms with E-state index in [0.29, 0.717) is 56.1 Å². The molecule has 0 saturated carbocycles. The van der Waals surface area contributed by atoms with E-state index < -0.39 is 42.0 Å². The molecular formula is C31H48N8O7. The van der Waals surface area contributed by atoms with E-state index in [1.54, 1.807) is 34.8 Å². The van der Waals surface area contributed by atoms with Gasteiger partial charge in [-0.15, -0.1) is 5.10 Å². The largest absolute Gasteiger partial charge is 0.493 e. The van der Waals surface area contributed by atoms with Crippen LogP contribution in [0.4, 0.5) is 0 Å². The zero-order valence-corrected chi connectivity index (χ0v) is 27.3. The molecule has 15 nitrogen and oxygen atoms in total. The fourth-order valence-electron chi connectivity index (χ4n) is 4.99. The highest BCUT2D eigenvalue weighted by Gasteiger charge is 2.30. The molecule has 4 atom stereocenters. The lowest BCUT2D eigenvalue weighted by molar-refractivity contribution is -0.132. The Morgan fingerprint density at radius 1 is 1.09 bits per heavy atom. The average molecular weight is 645 g/mol. The summed E-state index contributed by atoms with van der Waals surface area (Å²) in [6.45, 7) is 8.60. The quantitative estimate of drug-likeness (QED) is 0.302. The molecule has 4 bridgehead atoms. The van der Waals surface area contributed by atoms with Crippen LogP contribution in [0.15, 0.2) is 24.4 Å². The normalized spacial score (nSPS) is 20.8. The molecule has 1 aliphatic rings. The maximum absolute atomic E-state index is 13.4. The number of aliphatic hydroxyl groups excluding tert-OH is 1. The first kappa shape index (κ1) is 36.2. The van der Waals surface area contributed by atoms with Crippen LogP contribution < -0.4 is 31.2 Å². The van der Waals surface area contributed by atoms with Gasteiger partial charge in [-0.05, 0) is 63.6 Å². The standard InChI is InChI=1S/C31H48N8O7/c1-19(2)15-24-29(42)35-27(21(4)40)30(43)33-11-6-7-12-38(31(44)20(3)32)13-8-14-39-17-23(36-37-39)18-46-26-16-22(28(41)34-24)9-10-25(26)45-5/h9-10,16-17,19-21,24,27,40H,6-8,11-15,18,32H2,1-5H3,(H,33,43)(H,34,41)(H,35,42)/t20-,21-,24-,27+/m1/s1. The molecule has 0 spiro atoms. The van der Waals surface area contributed by atoms with E-state index in [2.05, 4.69) is 26.3 Å². The van der Waals surface area contributed by atoms with Crippen molar-refractivity contribution in [2.75, 3.05) is 26.7 Å². The van der Waals surface area contributed by atoms with Crippen LogP contribution in [0.3, 0.4) is 0 Å². The van der Waals surface area contributed by atoms with Crippen molar-refractivity contribution in [3.8, 4) is 11.5 Å². The molecule has 1 aromatic heterocycles. The van der Waals surface area contributed by atoms with Crippen LogP contribution in [0, 0.1) is 5.92 Å². The van der Waals surface area contributed by atoms with E-state index in [9.17, 15) is 24.3 Å². The van der Waals surface area contributed by atoms with Crippen molar-refractivity contribution in [3.63, 3.8) is 0 Å². The van der Waals surface area contributed by atoms with Gasteiger partial charge in [0.05, 0.1) is 25.5 Å².